The maximum atomic E-state index is 12.6. The fourth-order valence-corrected chi connectivity index (χ4v) is 2.82. The second kappa shape index (κ2) is 8.72. The number of rotatable bonds is 7. The summed E-state index contributed by atoms with van der Waals surface area (Å²) in [4.78, 5) is 12.6. The van der Waals surface area contributed by atoms with Gasteiger partial charge in [0.25, 0.3) is 5.91 Å². The van der Waals surface area contributed by atoms with Gasteiger partial charge in [-0.15, -0.1) is 0 Å². The summed E-state index contributed by atoms with van der Waals surface area (Å²) in [5.41, 5.74) is 3.08. The van der Waals surface area contributed by atoms with Crippen LogP contribution >= 0.6 is 0 Å². The molecular formula is C24H25NO3. The molecule has 3 rings (SSSR count). The Hall–Kier alpha value is -3.11. The maximum Gasteiger partial charge on any atom is 0.267 e. The van der Waals surface area contributed by atoms with Crippen LogP contribution in [0.15, 0.2) is 78.9 Å². The van der Waals surface area contributed by atoms with Crippen molar-refractivity contribution in [1.82, 2.24) is 0 Å². The van der Waals surface area contributed by atoms with Gasteiger partial charge in [0.2, 0.25) is 0 Å². The van der Waals surface area contributed by atoms with Gasteiger partial charge in [-0.05, 0) is 54.8 Å². The van der Waals surface area contributed by atoms with Crippen LogP contribution in [0.3, 0.4) is 0 Å². The molecule has 0 bridgehead atoms. The number of hydrogen-bond donors (Lipinski definition) is 1. The first-order chi connectivity index (χ1) is 13.5. The molecular weight excluding hydrogens is 350 g/mol. The van der Waals surface area contributed by atoms with Crippen molar-refractivity contribution >= 4 is 11.6 Å². The molecule has 3 aromatic carbocycles. The number of ether oxygens (including phenoxy) is 2. The Morgan fingerprint density at radius 3 is 2.00 bits per heavy atom. The molecule has 0 aromatic heterocycles. The zero-order chi connectivity index (χ0) is 20.0. The van der Waals surface area contributed by atoms with Gasteiger partial charge >= 0.3 is 0 Å². The number of benzene rings is 3. The minimum absolute atomic E-state index is 0.201. The Bertz CT molecular complexity index is 901. The standard InChI is InChI=1S/C24H25NO3/c1-24(2,28-22-7-5-4-6-8-22)23(26)25-21-15-13-20(14-16-21)19-11-9-18(10-12-19)17-27-3/h4-16H,17H2,1-3H3,(H,25,26). The van der Waals surface area contributed by atoms with Gasteiger partial charge in [-0.3, -0.25) is 4.79 Å². The molecule has 4 heteroatoms. The molecule has 28 heavy (non-hydrogen) atoms. The van der Waals surface area contributed by atoms with E-state index in [0.717, 1.165) is 22.4 Å². The zero-order valence-electron chi connectivity index (χ0n) is 16.4. The summed E-state index contributed by atoms with van der Waals surface area (Å²) in [7, 11) is 1.69. The van der Waals surface area contributed by atoms with Crippen LogP contribution in [0, 0.1) is 0 Å². The summed E-state index contributed by atoms with van der Waals surface area (Å²) in [6.45, 7) is 4.11. The van der Waals surface area contributed by atoms with E-state index in [-0.39, 0.29) is 5.91 Å². The second-order valence-corrected chi connectivity index (χ2v) is 7.09. The third-order valence-corrected chi connectivity index (χ3v) is 4.40. The van der Waals surface area contributed by atoms with Crippen LogP contribution in [-0.2, 0) is 16.1 Å². The van der Waals surface area contributed by atoms with Gasteiger partial charge in [-0.2, -0.15) is 0 Å². The number of carbonyl (C=O) groups is 1. The van der Waals surface area contributed by atoms with E-state index < -0.39 is 5.60 Å². The Kier molecular flexibility index (Phi) is 6.12. The lowest BCUT2D eigenvalue weighted by Gasteiger charge is -2.25. The molecule has 1 N–H and O–H groups in total. The number of hydrogen-bond acceptors (Lipinski definition) is 3. The van der Waals surface area contributed by atoms with Crippen LogP contribution in [0.25, 0.3) is 11.1 Å². The van der Waals surface area contributed by atoms with E-state index in [0.29, 0.717) is 12.4 Å². The predicted octanol–water partition coefficient (Wildman–Crippen LogP) is 5.30. The van der Waals surface area contributed by atoms with Gasteiger partial charge in [-0.25, -0.2) is 0 Å². The van der Waals surface area contributed by atoms with E-state index in [2.05, 4.69) is 29.6 Å². The summed E-state index contributed by atoms with van der Waals surface area (Å²) >= 11 is 0. The zero-order valence-corrected chi connectivity index (χ0v) is 16.4. The molecule has 0 spiro atoms. The fourth-order valence-electron chi connectivity index (χ4n) is 2.82. The van der Waals surface area contributed by atoms with Crippen LogP contribution < -0.4 is 10.1 Å². The van der Waals surface area contributed by atoms with E-state index in [1.165, 1.54) is 0 Å². The number of amides is 1. The van der Waals surface area contributed by atoms with Gasteiger partial charge in [0.1, 0.15) is 5.75 Å². The Labute approximate surface area is 166 Å². The highest BCUT2D eigenvalue weighted by atomic mass is 16.5. The summed E-state index contributed by atoms with van der Waals surface area (Å²) in [5, 5.41) is 2.93. The van der Waals surface area contributed by atoms with Gasteiger partial charge < -0.3 is 14.8 Å². The minimum Gasteiger partial charge on any atom is -0.478 e. The molecule has 0 radical (unpaired) electrons. The average Bonchev–Trinajstić information content (AvgIpc) is 2.70. The molecule has 0 aliphatic rings. The highest BCUT2D eigenvalue weighted by Gasteiger charge is 2.30. The molecule has 4 nitrogen and oxygen atoms in total. The molecule has 0 atom stereocenters. The number of nitrogens with one attached hydrogen (secondary N) is 1. The summed E-state index contributed by atoms with van der Waals surface area (Å²) < 4.78 is 11.0. The lowest BCUT2D eigenvalue weighted by atomic mass is 10.0. The van der Waals surface area contributed by atoms with E-state index >= 15 is 0 Å². The minimum atomic E-state index is -0.989. The van der Waals surface area contributed by atoms with E-state index in [1.54, 1.807) is 21.0 Å². The van der Waals surface area contributed by atoms with Crippen LogP contribution in [-0.4, -0.2) is 18.6 Å². The molecule has 0 aliphatic heterocycles. The quantitative estimate of drug-likeness (QED) is 0.610. The largest absolute Gasteiger partial charge is 0.478 e. The van der Waals surface area contributed by atoms with Crippen LogP contribution in [0.1, 0.15) is 19.4 Å². The summed E-state index contributed by atoms with van der Waals surface area (Å²) in [6, 6.07) is 25.4. The first-order valence-corrected chi connectivity index (χ1v) is 9.22. The third kappa shape index (κ3) is 4.99. The van der Waals surface area contributed by atoms with Crippen LogP contribution in [0.2, 0.25) is 0 Å². The molecule has 0 saturated heterocycles. The van der Waals surface area contributed by atoms with Crippen LogP contribution in [0.5, 0.6) is 5.75 Å². The lowest BCUT2D eigenvalue weighted by Crippen LogP contribution is -2.42. The second-order valence-electron chi connectivity index (χ2n) is 7.09. The van der Waals surface area contributed by atoms with Gasteiger partial charge in [-0.1, -0.05) is 54.6 Å². The molecule has 1 amide bonds. The van der Waals surface area contributed by atoms with Crippen molar-refractivity contribution in [1.29, 1.82) is 0 Å². The molecule has 0 unspecified atom stereocenters. The monoisotopic (exact) mass is 375 g/mol. The van der Waals surface area contributed by atoms with Crippen molar-refractivity contribution in [2.45, 2.75) is 26.1 Å². The van der Waals surface area contributed by atoms with Crippen molar-refractivity contribution in [2.75, 3.05) is 12.4 Å². The first-order valence-electron chi connectivity index (χ1n) is 9.22. The molecule has 3 aromatic rings. The molecule has 144 valence electrons. The summed E-state index contributed by atoms with van der Waals surface area (Å²) in [6.07, 6.45) is 0. The smallest absolute Gasteiger partial charge is 0.267 e. The Morgan fingerprint density at radius 2 is 1.43 bits per heavy atom. The van der Waals surface area contributed by atoms with Gasteiger partial charge in [0, 0.05) is 12.8 Å². The van der Waals surface area contributed by atoms with E-state index in [4.69, 9.17) is 9.47 Å². The Morgan fingerprint density at radius 1 is 0.857 bits per heavy atom. The van der Waals surface area contributed by atoms with E-state index in [1.807, 2.05) is 54.6 Å². The molecule has 0 fully saturated rings. The lowest BCUT2D eigenvalue weighted by molar-refractivity contribution is -0.128. The highest BCUT2D eigenvalue weighted by Crippen LogP contribution is 2.24. The van der Waals surface area contributed by atoms with Crippen molar-refractivity contribution in [2.24, 2.45) is 0 Å². The number of methoxy groups -OCH3 is 1. The van der Waals surface area contributed by atoms with Gasteiger partial charge in [0.15, 0.2) is 5.60 Å². The molecule has 0 heterocycles. The molecule has 0 aliphatic carbocycles. The van der Waals surface area contributed by atoms with Gasteiger partial charge in [0.05, 0.1) is 6.61 Å². The van der Waals surface area contributed by atoms with Crippen molar-refractivity contribution in [3.05, 3.63) is 84.4 Å². The van der Waals surface area contributed by atoms with Crippen molar-refractivity contribution in [3.8, 4) is 16.9 Å². The first kappa shape index (κ1) is 19.6. The topological polar surface area (TPSA) is 47.6 Å². The number of anilines is 1. The normalized spacial score (nSPS) is 11.1. The average molecular weight is 375 g/mol. The fraction of sp³-hybridized carbons (Fsp3) is 0.208. The highest BCUT2D eigenvalue weighted by molar-refractivity contribution is 5.97. The van der Waals surface area contributed by atoms with E-state index in [9.17, 15) is 4.79 Å². The number of carbonyl (C=O) groups excluding carboxylic acids is 1. The SMILES string of the molecule is COCc1ccc(-c2ccc(NC(=O)C(C)(C)Oc3ccccc3)cc2)cc1. The predicted molar refractivity (Wildman–Crippen MR) is 112 cm³/mol. The third-order valence-electron chi connectivity index (χ3n) is 4.40. The van der Waals surface area contributed by atoms with Crippen LogP contribution in [0.4, 0.5) is 5.69 Å². The van der Waals surface area contributed by atoms with Crippen molar-refractivity contribution in [3.63, 3.8) is 0 Å². The Balaban J connectivity index is 1.65. The molecule has 0 saturated carbocycles. The number of para-hydroxylation sites is 1. The maximum absolute atomic E-state index is 12.6. The summed E-state index contributed by atoms with van der Waals surface area (Å²) in [5.74, 6) is 0.461. The van der Waals surface area contributed by atoms with Crippen molar-refractivity contribution < 1.29 is 14.3 Å².